The van der Waals surface area contributed by atoms with Crippen molar-refractivity contribution >= 4 is 23.7 Å². The van der Waals surface area contributed by atoms with Gasteiger partial charge < -0.3 is 15.2 Å². The molecule has 7 heteroatoms. The smallest absolute Gasteiger partial charge is 0.329 e. The van der Waals surface area contributed by atoms with Crippen molar-refractivity contribution in [2.45, 2.75) is 19.8 Å². The zero-order valence-corrected chi connectivity index (χ0v) is 15.9. The second-order valence-electron chi connectivity index (χ2n) is 5.89. The third kappa shape index (κ3) is 5.20. The summed E-state index contributed by atoms with van der Waals surface area (Å²) in [5.74, 6) is -1.40. The lowest BCUT2D eigenvalue weighted by Gasteiger charge is -2.09. The number of nitrogens with one attached hydrogen (secondary N) is 2. The number of nitrogens with zero attached hydrogens (tertiary/aromatic N) is 1. The number of hydrogen-bond acceptors (Lipinski definition) is 5. The fourth-order valence-electron chi connectivity index (χ4n) is 2.58. The zero-order valence-electron chi connectivity index (χ0n) is 15.9. The molecule has 0 unspecified atom stereocenters. The van der Waals surface area contributed by atoms with E-state index in [0.29, 0.717) is 23.2 Å². The summed E-state index contributed by atoms with van der Waals surface area (Å²) in [7, 11) is 1.44. The van der Waals surface area contributed by atoms with Crippen molar-refractivity contribution in [2.24, 2.45) is 5.10 Å². The number of benzene rings is 2. The number of phenols is 1. The number of amides is 2. The lowest BCUT2D eigenvalue weighted by Crippen LogP contribution is -2.32. The minimum absolute atomic E-state index is 0.0255. The maximum atomic E-state index is 12.0. The predicted molar refractivity (Wildman–Crippen MR) is 109 cm³/mol. The summed E-state index contributed by atoms with van der Waals surface area (Å²) in [4.78, 5) is 24.0. The second kappa shape index (κ2) is 9.91. The molecule has 0 heterocycles. The number of carbonyl (C=O) groups excluding carboxylic acids is 2. The van der Waals surface area contributed by atoms with Crippen molar-refractivity contribution in [1.29, 1.82) is 0 Å². The maximum Gasteiger partial charge on any atom is 0.329 e. The molecule has 0 saturated heterocycles. The first kappa shape index (κ1) is 20.7. The Morgan fingerprint density at radius 3 is 2.64 bits per heavy atom. The van der Waals surface area contributed by atoms with E-state index in [-0.39, 0.29) is 11.5 Å². The number of aryl methyl sites for hydroxylation is 1. The fourth-order valence-corrected chi connectivity index (χ4v) is 2.58. The van der Waals surface area contributed by atoms with Crippen LogP contribution in [0.2, 0.25) is 0 Å². The average molecular weight is 381 g/mol. The van der Waals surface area contributed by atoms with Gasteiger partial charge in [-0.15, -0.1) is 6.58 Å². The van der Waals surface area contributed by atoms with Gasteiger partial charge in [-0.25, -0.2) is 5.43 Å². The molecular weight excluding hydrogens is 358 g/mol. The third-order valence-corrected chi connectivity index (χ3v) is 3.99. The summed E-state index contributed by atoms with van der Waals surface area (Å²) in [5.41, 5.74) is 4.90. The maximum absolute atomic E-state index is 12.0. The Labute approximate surface area is 163 Å². The van der Waals surface area contributed by atoms with Gasteiger partial charge in [0.25, 0.3) is 0 Å². The van der Waals surface area contributed by atoms with Crippen LogP contribution in [-0.2, 0) is 22.4 Å². The highest BCUT2D eigenvalue weighted by molar-refractivity contribution is 6.39. The van der Waals surface area contributed by atoms with E-state index in [1.54, 1.807) is 30.3 Å². The summed E-state index contributed by atoms with van der Waals surface area (Å²) >= 11 is 0. The SMILES string of the molecule is C=CCc1cc(/C=N/NC(=O)C(=O)Nc2ccccc2CC)cc(OC)c1O. The van der Waals surface area contributed by atoms with Crippen LogP contribution in [0, 0.1) is 0 Å². The number of carbonyl (C=O) groups is 2. The van der Waals surface area contributed by atoms with Crippen LogP contribution in [0.25, 0.3) is 0 Å². The molecule has 2 rings (SSSR count). The number of para-hydroxylation sites is 1. The molecule has 0 aliphatic carbocycles. The highest BCUT2D eigenvalue weighted by atomic mass is 16.5. The van der Waals surface area contributed by atoms with Crippen LogP contribution in [0.4, 0.5) is 5.69 Å². The molecule has 0 aliphatic rings. The van der Waals surface area contributed by atoms with Gasteiger partial charge in [-0.05, 0) is 42.2 Å². The van der Waals surface area contributed by atoms with Gasteiger partial charge >= 0.3 is 11.8 Å². The first-order valence-corrected chi connectivity index (χ1v) is 8.73. The molecule has 7 nitrogen and oxygen atoms in total. The summed E-state index contributed by atoms with van der Waals surface area (Å²) in [5, 5.41) is 16.5. The first-order valence-electron chi connectivity index (χ1n) is 8.73. The molecule has 0 fully saturated rings. The quantitative estimate of drug-likeness (QED) is 0.297. The van der Waals surface area contributed by atoms with Crippen molar-refractivity contribution in [2.75, 3.05) is 12.4 Å². The molecule has 146 valence electrons. The second-order valence-corrected chi connectivity index (χ2v) is 5.89. The van der Waals surface area contributed by atoms with Crippen molar-refractivity contribution < 1.29 is 19.4 Å². The number of phenolic OH excluding ortho intramolecular Hbond substituents is 1. The molecule has 0 saturated carbocycles. The van der Waals surface area contributed by atoms with Crippen molar-refractivity contribution in [3.05, 3.63) is 65.7 Å². The summed E-state index contributed by atoms with van der Waals surface area (Å²) in [6.45, 7) is 5.61. The van der Waals surface area contributed by atoms with Crippen LogP contribution in [0.5, 0.6) is 11.5 Å². The average Bonchev–Trinajstić information content (AvgIpc) is 2.70. The van der Waals surface area contributed by atoms with Gasteiger partial charge in [0.15, 0.2) is 11.5 Å². The summed E-state index contributed by atoms with van der Waals surface area (Å²) in [6, 6.07) is 10.5. The fraction of sp³-hybridized carbons (Fsp3) is 0.190. The molecule has 2 aromatic carbocycles. The first-order chi connectivity index (χ1) is 13.5. The van der Waals surface area contributed by atoms with E-state index in [0.717, 1.165) is 12.0 Å². The van der Waals surface area contributed by atoms with Crippen molar-refractivity contribution in [3.8, 4) is 11.5 Å². The van der Waals surface area contributed by atoms with Crippen molar-refractivity contribution in [3.63, 3.8) is 0 Å². The lowest BCUT2D eigenvalue weighted by atomic mass is 10.1. The van der Waals surface area contributed by atoms with Crippen LogP contribution >= 0.6 is 0 Å². The molecule has 28 heavy (non-hydrogen) atoms. The van der Waals surface area contributed by atoms with Gasteiger partial charge in [-0.3, -0.25) is 9.59 Å². The van der Waals surface area contributed by atoms with Gasteiger partial charge in [0.05, 0.1) is 13.3 Å². The minimum Gasteiger partial charge on any atom is -0.504 e. The number of aromatic hydroxyl groups is 1. The molecule has 0 atom stereocenters. The number of methoxy groups -OCH3 is 1. The summed E-state index contributed by atoms with van der Waals surface area (Å²) in [6.07, 6.45) is 4.18. The molecule has 0 aromatic heterocycles. The van der Waals surface area contributed by atoms with E-state index in [2.05, 4.69) is 22.4 Å². The van der Waals surface area contributed by atoms with Gasteiger partial charge in [0, 0.05) is 11.3 Å². The standard InChI is InChI=1S/C21H23N3O4/c1-4-8-16-11-14(12-18(28-3)19(16)25)13-22-24-21(27)20(26)23-17-10-7-6-9-15(17)5-2/h4,6-7,9-13,25H,1,5,8H2,2-3H3,(H,23,26)(H,24,27)/b22-13+. The molecule has 2 amide bonds. The number of hydrazone groups is 1. The van der Waals surface area contributed by atoms with Crippen LogP contribution in [0.1, 0.15) is 23.6 Å². The molecule has 0 radical (unpaired) electrons. The predicted octanol–water partition coefficient (Wildman–Crippen LogP) is 2.78. The number of hydrogen-bond donors (Lipinski definition) is 3. The molecular formula is C21H23N3O4. The van der Waals surface area contributed by atoms with E-state index in [9.17, 15) is 14.7 Å². The van der Waals surface area contributed by atoms with E-state index in [4.69, 9.17) is 4.74 Å². The minimum atomic E-state index is -0.890. The summed E-state index contributed by atoms with van der Waals surface area (Å²) < 4.78 is 5.13. The Balaban J connectivity index is 2.05. The molecule has 0 spiro atoms. The molecule has 2 aromatic rings. The number of ether oxygens (including phenoxy) is 1. The molecule has 3 N–H and O–H groups in total. The van der Waals surface area contributed by atoms with Gasteiger partial charge in [0.1, 0.15) is 0 Å². The number of anilines is 1. The van der Waals surface area contributed by atoms with E-state index >= 15 is 0 Å². The van der Waals surface area contributed by atoms with Crippen LogP contribution in [-0.4, -0.2) is 30.2 Å². The van der Waals surface area contributed by atoms with E-state index in [1.807, 2.05) is 19.1 Å². The van der Waals surface area contributed by atoms with Gasteiger partial charge in [-0.1, -0.05) is 31.2 Å². The van der Waals surface area contributed by atoms with Crippen molar-refractivity contribution in [1.82, 2.24) is 5.43 Å². The van der Waals surface area contributed by atoms with E-state index in [1.165, 1.54) is 13.3 Å². The lowest BCUT2D eigenvalue weighted by molar-refractivity contribution is -0.136. The Morgan fingerprint density at radius 2 is 1.96 bits per heavy atom. The van der Waals surface area contributed by atoms with Gasteiger partial charge in [0.2, 0.25) is 0 Å². The Morgan fingerprint density at radius 1 is 1.21 bits per heavy atom. The highest BCUT2D eigenvalue weighted by Crippen LogP contribution is 2.31. The highest BCUT2D eigenvalue weighted by Gasteiger charge is 2.14. The number of allylic oxidation sites excluding steroid dienone is 1. The van der Waals surface area contributed by atoms with Crippen LogP contribution < -0.4 is 15.5 Å². The Kier molecular flexibility index (Phi) is 7.33. The normalized spacial score (nSPS) is 10.5. The van der Waals surface area contributed by atoms with Crippen LogP contribution in [0.15, 0.2) is 54.2 Å². The third-order valence-electron chi connectivity index (χ3n) is 3.99. The largest absolute Gasteiger partial charge is 0.504 e. The zero-order chi connectivity index (χ0) is 20.5. The Bertz CT molecular complexity index is 907. The van der Waals surface area contributed by atoms with Gasteiger partial charge in [-0.2, -0.15) is 5.10 Å². The monoisotopic (exact) mass is 381 g/mol. The van der Waals surface area contributed by atoms with Crippen LogP contribution in [0.3, 0.4) is 0 Å². The topological polar surface area (TPSA) is 100 Å². The Hall–Kier alpha value is -3.61. The molecule has 0 aliphatic heterocycles. The number of rotatable bonds is 7. The molecule has 0 bridgehead atoms. The van der Waals surface area contributed by atoms with E-state index < -0.39 is 11.8 Å².